The van der Waals surface area contributed by atoms with Crippen molar-refractivity contribution in [3.05, 3.63) is 71.5 Å². The number of carbonyl (C=O) groups is 2. The van der Waals surface area contributed by atoms with Crippen molar-refractivity contribution < 1.29 is 18.0 Å². The highest BCUT2D eigenvalue weighted by molar-refractivity contribution is 7.92. The SMILES string of the molecule is Cc1cc(C)nc(NS(=O)(=O)c2ccc(NC(=O)Cc3ccc(N4CCCC4=O)cc3)cc2)n1. The molecule has 1 aromatic heterocycles. The van der Waals surface area contributed by atoms with Crippen molar-refractivity contribution in [3.8, 4) is 0 Å². The van der Waals surface area contributed by atoms with Crippen molar-refractivity contribution in [3.63, 3.8) is 0 Å². The van der Waals surface area contributed by atoms with E-state index in [-0.39, 0.29) is 29.1 Å². The molecule has 1 aliphatic rings. The van der Waals surface area contributed by atoms with Gasteiger partial charge in [0.05, 0.1) is 11.3 Å². The highest BCUT2D eigenvalue weighted by Crippen LogP contribution is 2.22. The van der Waals surface area contributed by atoms with Gasteiger partial charge in [-0.05, 0) is 68.3 Å². The van der Waals surface area contributed by atoms with E-state index in [9.17, 15) is 18.0 Å². The molecule has 10 heteroatoms. The first-order valence-electron chi connectivity index (χ1n) is 10.8. The molecular formula is C24H25N5O4S. The Morgan fingerprint density at radius 3 is 2.24 bits per heavy atom. The van der Waals surface area contributed by atoms with Gasteiger partial charge < -0.3 is 10.2 Å². The summed E-state index contributed by atoms with van der Waals surface area (Å²) >= 11 is 0. The van der Waals surface area contributed by atoms with Gasteiger partial charge in [-0.15, -0.1) is 0 Å². The Labute approximate surface area is 198 Å². The fourth-order valence-corrected chi connectivity index (χ4v) is 4.72. The number of hydrogen-bond donors (Lipinski definition) is 2. The van der Waals surface area contributed by atoms with Gasteiger partial charge in [0.1, 0.15) is 0 Å². The van der Waals surface area contributed by atoms with E-state index in [1.165, 1.54) is 24.3 Å². The Morgan fingerprint density at radius 1 is 1.00 bits per heavy atom. The van der Waals surface area contributed by atoms with Gasteiger partial charge in [-0.1, -0.05) is 12.1 Å². The summed E-state index contributed by atoms with van der Waals surface area (Å²) in [6.45, 7) is 4.23. The Hall–Kier alpha value is -3.79. The van der Waals surface area contributed by atoms with Gasteiger partial charge in [0.15, 0.2) is 0 Å². The largest absolute Gasteiger partial charge is 0.326 e. The van der Waals surface area contributed by atoms with E-state index in [1.807, 2.05) is 24.3 Å². The summed E-state index contributed by atoms with van der Waals surface area (Å²) in [7, 11) is -3.87. The smallest absolute Gasteiger partial charge is 0.264 e. The maximum atomic E-state index is 12.6. The monoisotopic (exact) mass is 479 g/mol. The van der Waals surface area contributed by atoms with Gasteiger partial charge >= 0.3 is 0 Å². The molecule has 1 aliphatic heterocycles. The van der Waals surface area contributed by atoms with Crippen LogP contribution in [0.5, 0.6) is 0 Å². The van der Waals surface area contributed by atoms with Crippen LogP contribution in [0.15, 0.2) is 59.5 Å². The first kappa shape index (κ1) is 23.4. The molecule has 0 aliphatic carbocycles. The third-order valence-corrected chi connectivity index (χ3v) is 6.69. The molecule has 2 heterocycles. The first-order chi connectivity index (χ1) is 16.2. The molecule has 0 unspecified atom stereocenters. The third kappa shape index (κ3) is 5.57. The highest BCUT2D eigenvalue weighted by atomic mass is 32.2. The van der Waals surface area contributed by atoms with Crippen molar-refractivity contribution in [2.75, 3.05) is 21.5 Å². The van der Waals surface area contributed by atoms with Crippen LogP contribution in [0.25, 0.3) is 0 Å². The molecule has 1 fully saturated rings. The second-order valence-electron chi connectivity index (χ2n) is 8.14. The van der Waals surface area contributed by atoms with E-state index in [0.717, 1.165) is 24.2 Å². The van der Waals surface area contributed by atoms with Crippen LogP contribution in [0.3, 0.4) is 0 Å². The molecule has 0 bridgehead atoms. The summed E-state index contributed by atoms with van der Waals surface area (Å²) in [6, 6.07) is 15.0. The maximum Gasteiger partial charge on any atom is 0.264 e. The molecule has 3 aromatic rings. The van der Waals surface area contributed by atoms with Crippen molar-refractivity contribution in [2.24, 2.45) is 0 Å². The molecule has 2 aromatic carbocycles. The summed E-state index contributed by atoms with van der Waals surface area (Å²) in [4.78, 5) is 34.3. The van der Waals surface area contributed by atoms with Gasteiger partial charge in [0.25, 0.3) is 10.0 Å². The van der Waals surface area contributed by atoms with Gasteiger partial charge in [0, 0.05) is 35.7 Å². The Balaban J connectivity index is 1.36. The fraction of sp³-hybridized carbons (Fsp3) is 0.250. The van der Waals surface area contributed by atoms with Crippen LogP contribution in [0.1, 0.15) is 29.8 Å². The van der Waals surface area contributed by atoms with Crippen molar-refractivity contribution in [1.82, 2.24) is 9.97 Å². The zero-order valence-electron chi connectivity index (χ0n) is 18.9. The molecule has 9 nitrogen and oxygen atoms in total. The number of nitrogens with zero attached hydrogens (tertiary/aromatic N) is 3. The normalized spacial score (nSPS) is 13.7. The molecule has 0 saturated carbocycles. The van der Waals surface area contributed by atoms with Gasteiger partial charge in [-0.3, -0.25) is 9.59 Å². The lowest BCUT2D eigenvalue weighted by Crippen LogP contribution is -2.23. The van der Waals surface area contributed by atoms with Crippen molar-refractivity contribution >= 4 is 39.2 Å². The molecular weight excluding hydrogens is 454 g/mol. The minimum atomic E-state index is -3.87. The third-order valence-electron chi connectivity index (χ3n) is 5.34. The van der Waals surface area contributed by atoms with E-state index in [0.29, 0.717) is 23.5 Å². The van der Waals surface area contributed by atoms with Crippen LogP contribution in [0, 0.1) is 13.8 Å². The highest BCUT2D eigenvalue weighted by Gasteiger charge is 2.21. The second kappa shape index (κ2) is 9.60. The molecule has 0 spiro atoms. The summed E-state index contributed by atoms with van der Waals surface area (Å²) in [5.41, 5.74) is 3.43. The lowest BCUT2D eigenvalue weighted by molar-refractivity contribution is -0.117. The summed E-state index contributed by atoms with van der Waals surface area (Å²) in [5.74, 6) is -0.106. The predicted molar refractivity (Wildman–Crippen MR) is 129 cm³/mol. The number of carbonyl (C=O) groups excluding carboxylic acids is 2. The number of benzene rings is 2. The zero-order valence-corrected chi connectivity index (χ0v) is 19.7. The second-order valence-corrected chi connectivity index (χ2v) is 9.83. The lowest BCUT2D eigenvalue weighted by atomic mass is 10.1. The number of amides is 2. The quantitative estimate of drug-likeness (QED) is 0.537. The van der Waals surface area contributed by atoms with Crippen molar-refractivity contribution in [2.45, 2.75) is 38.0 Å². The minimum absolute atomic E-state index is 0.00925. The molecule has 176 valence electrons. The molecule has 1 saturated heterocycles. The molecule has 2 amide bonds. The van der Waals surface area contributed by atoms with Crippen LogP contribution in [0.2, 0.25) is 0 Å². The molecule has 0 radical (unpaired) electrons. The van der Waals surface area contributed by atoms with E-state index < -0.39 is 10.0 Å². The molecule has 2 N–H and O–H groups in total. The average molecular weight is 480 g/mol. The molecule has 34 heavy (non-hydrogen) atoms. The van der Waals surface area contributed by atoms with Gasteiger partial charge in [-0.25, -0.2) is 23.1 Å². The summed E-state index contributed by atoms with van der Waals surface area (Å²) in [6.07, 6.45) is 1.58. The number of sulfonamides is 1. The number of aromatic nitrogens is 2. The maximum absolute atomic E-state index is 12.6. The lowest BCUT2D eigenvalue weighted by Gasteiger charge is -2.15. The number of nitrogens with one attached hydrogen (secondary N) is 2. The van der Waals surface area contributed by atoms with Crippen molar-refractivity contribution in [1.29, 1.82) is 0 Å². The average Bonchev–Trinajstić information content (AvgIpc) is 3.19. The van der Waals surface area contributed by atoms with E-state index in [2.05, 4.69) is 20.0 Å². The first-order valence-corrected chi connectivity index (χ1v) is 12.3. The molecule has 0 atom stereocenters. The topological polar surface area (TPSA) is 121 Å². The minimum Gasteiger partial charge on any atom is -0.326 e. The Kier molecular flexibility index (Phi) is 6.60. The summed E-state index contributed by atoms with van der Waals surface area (Å²) < 4.78 is 27.7. The Morgan fingerprint density at radius 2 is 1.65 bits per heavy atom. The van der Waals surface area contributed by atoms with E-state index >= 15 is 0 Å². The van der Waals surface area contributed by atoms with Gasteiger partial charge in [-0.2, -0.15) is 0 Å². The standard InChI is InChI=1S/C24H25N5O4S/c1-16-14-17(2)26-24(25-16)28-34(32,33)21-11-7-19(8-12-21)27-22(30)15-18-5-9-20(10-6-18)29-13-3-4-23(29)31/h5-12,14H,3-4,13,15H2,1-2H3,(H,27,30)(H,25,26,28). The number of hydrogen-bond acceptors (Lipinski definition) is 6. The van der Waals surface area contributed by atoms with Crippen LogP contribution in [-0.4, -0.2) is 36.7 Å². The van der Waals surface area contributed by atoms with Gasteiger partial charge in [0.2, 0.25) is 17.8 Å². The molecule has 4 rings (SSSR count). The van der Waals surface area contributed by atoms with Crippen LogP contribution >= 0.6 is 0 Å². The number of rotatable bonds is 7. The van der Waals surface area contributed by atoms with E-state index in [4.69, 9.17) is 0 Å². The number of aryl methyl sites for hydroxylation is 2. The van der Waals surface area contributed by atoms with Crippen LogP contribution in [0.4, 0.5) is 17.3 Å². The fourth-order valence-electron chi connectivity index (χ4n) is 3.77. The van der Waals surface area contributed by atoms with Crippen LogP contribution < -0.4 is 14.9 Å². The zero-order chi connectivity index (χ0) is 24.3. The van der Waals surface area contributed by atoms with E-state index in [1.54, 1.807) is 24.8 Å². The summed E-state index contributed by atoms with van der Waals surface area (Å²) in [5, 5.41) is 2.77. The Bertz CT molecular complexity index is 1300. The predicted octanol–water partition coefficient (Wildman–Crippen LogP) is 3.20. The number of anilines is 3. The van der Waals surface area contributed by atoms with Crippen LogP contribution in [-0.2, 0) is 26.0 Å².